The minimum atomic E-state index is -0.251. The molecule has 7 heteroatoms. The van der Waals surface area contributed by atoms with E-state index in [1.54, 1.807) is 24.3 Å². The van der Waals surface area contributed by atoms with Crippen molar-refractivity contribution in [3.05, 3.63) is 29.3 Å². The predicted octanol–water partition coefficient (Wildman–Crippen LogP) is 1.00. The quantitative estimate of drug-likeness (QED) is 0.769. The van der Waals surface area contributed by atoms with Crippen molar-refractivity contribution in [1.29, 1.82) is 0 Å². The number of rotatable bonds is 1. The summed E-state index contributed by atoms with van der Waals surface area (Å²) in [6.07, 6.45) is 0. The Morgan fingerprint density at radius 3 is 2.81 bits per heavy atom. The molecule has 1 aromatic rings. The fraction of sp³-hybridized carbons (Fsp3) is 0.111. The van der Waals surface area contributed by atoms with Crippen LogP contribution in [0.1, 0.15) is 6.92 Å². The van der Waals surface area contributed by atoms with Gasteiger partial charge in [0.1, 0.15) is 0 Å². The molecule has 1 heterocycles. The van der Waals surface area contributed by atoms with Gasteiger partial charge in [-0.05, 0) is 29.9 Å². The molecule has 1 aliphatic rings. The lowest BCUT2D eigenvalue weighted by Crippen LogP contribution is -2.31. The molecule has 0 saturated heterocycles. The Bertz CT molecular complexity index is 432. The lowest BCUT2D eigenvalue weighted by molar-refractivity contribution is -0.117. The first-order chi connectivity index (χ1) is 7.65. The van der Waals surface area contributed by atoms with Crippen LogP contribution in [0.4, 0.5) is 5.69 Å². The molecule has 6 nitrogen and oxygen atoms in total. The molecule has 1 aliphatic heterocycles. The van der Waals surface area contributed by atoms with Crippen LogP contribution in [0.15, 0.2) is 29.4 Å². The van der Waals surface area contributed by atoms with Gasteiger partial charge in [-0.2, -0.15) is 5.12 Å². The average molecular weight is 241 g/mol. The number of nitrogens with zero attached hydrogens (tertiary/aromatic N) is 2. The van der Waals surface area contributed by atoms with Gasteiger partial charge in [0.25, 0.3) is 0 Å². The van der Waals surface area contributed by atoms with Gasteiger partial charge in [0.2, 0.25) is 5.91 Å². The van der Waals surface area contributed by atoms with Crippen LogP contribution in [0.25, 0.3) is 0 Å². The first-order valence-electron chi connectivity index (χ1n) is 4.49. The molecule has 0 aliphatic carbocycles. The van der Waals surface area contributed by atoms with Gasteiger partial charge >= 0.3 is 6.02 Å². The first-order valence-corrected chi connectivity index (χ1v) is 4.87. The predicted molar refractivity (Wildman–Crippen MR) is 59.4 cm³/mol. The van der Waals surface area contributed by atoms with Crippen molar-refractivity contribution >= 4 is 29.2 Å². The minimum Gasteiger partial charge on any atom is -0.347 e. The second kappa shape index (κ2) is 4.38. The zero-order valence-electron chi connectivity index (χ0n) is 8.40. The summed E-state index contributed by atoms with van der Waals surface area (Å²) in [5.74, 6) is -0.251. The zero-order chi connectivity index (χ0) is 11.5. The summed E-state index contributed by atoms with van der Waals surface area (Å²) in [5.41, 5.74) is 3.26. The molecule has 0 fully saturated rings. The number of hydrogen-bond donors (Lipinski definition) is 2. The lowest BCUT2D eigenvalue weighted by atomic mass is 10.3. The van der Waals surface area contributed by atoms with Crippen LogP contribution in [0.5, 0.6) is 0 Å². The monoisotopic (exact) mass is 240 g/mol. The molecule has 2 N–H and O–H groups in total. The van der Waals surface area contributed by atoms with Crippen LogP contribution < -0.4 is 16.0 Å². The van der Waals surface area contributed by atoms with E-state index in [4.69, 9.17) is 16.4 Å². The highest BCUT2D eigenvalue weighted by Gasteiger charge is 2.17. The molecular formula is C9H9ClN4O2. The third-order valence-corrected chi connectivity index (χ3v) is 2.03. The summed E-state index contributed by atoms with van der Waals surface area (Å²) in [6.45, 7) is 1.37. The fourth-order valence-electron chi connectivity index (χ4n) is 1.11. The van der Waals surface area contributed by atoms with Gasteiger partial charge in [0.05, 0.1) is 5.69 Å². The maximum absolute atomic E-state index is 10.8. The van der Waals surface area contributed by atoms with E-state index in [1.165, 1.54) is 12.0 Å². The Labute approximate surface area is 96.7 Å². The average Bonchev–Trinajstić information content (AvgIpc) is 2.66. The highest BCUT2D eigenvalue weighted by atomic mass is 35.5. The number of halogens is 1. The number of benzene rings is 1. The van der Waals surface area contributed by atoms with Crippen LogP contribution in [-0.2, 0) is 9.63 Å². The van der Waals surface area contributed by atoms with Gasteiger partial charge in [-0.1, -0.05) is 16.7 Å². The highest BCUT2D eigenvalue weighted by Crippen LogP contribution is 2.18. The molecule has 1 amide bonds. The number of hydrogen-bond acceptors (Lipinski definition) is 5. The topological polar surface area (TPSA) is 66.0 Å². The fourth-order valence-corrected chi connectivity index (χ4v) is 1.24. The summed E-state index contributed by atoms with van der Waals surface area (Å²) in [5, 5.41) is 8.39. The largest absolute Gasteiger partial charge is 0.347 e. The number of hydrazone groups is 1. The van der Waals surface area contributed by atoms with E-state index >= 15 is 0 Å². The molecule has 0 atom stereocenters. The van der Waals surface area contributed by atoms with Crippen molar-refractivity contribution in [1.82, 2.24) is 10.9 Å². The van der Waals surface area contributed by atoms with Crippen LogP contribution >= 0.6 is 11.6 Å². The second-order valence-electron chi connectivity index (χ2n) is 3.07. The van der Waals surface area contributed by atoms with Gasteiger partial charge in [-0.3, -0.25) is 10.1 Å². The van der Waals surface area contributed by atoms with Gasteiger partial charge in [-0.15, -0.1) is 0 Å². The standard InChI is InChI=1S/C9H9ClN4O2/c1-6(15)11-9-12-14(13-16-9)8-4-2-7(10)3-5-8/h2-5,13H,1H3,(H,11,12,15). The molecule has 0 radical (unpaired) electrons. The van der Waals surface area contributed by atoms with Crippen LogP contribution in [0.3, 0.4) is 0 Å². The number of carbonyl (C=O) groups is 1. The molecule has 0 aromatic heterocycles. The molecule has 0 spiro atoms. The molecule has 84 valence electrons. The van der Waals surface area contributed by atoms with Crippen LogP contribution in [0, 0.1) is 0 Å². The summed E-state index contributed by atoms with van der Waals surface area (Å²) >= 11 is 5.75. The molecule has 2 rings (SSSR count). The molecular weight excluding hydrogens is 232 g/mol. The van der Waals surface area contributed by atoms with Crippen molar-refractivity contribution in [3.8, 4) is 0 Å². The molecule has 1 aromatic carbocycles. The number of hydrazine groups is 1. The lowest BCUT2D eigenvalue weighted by Gasteiger charge is -2.10. The molecule has 16 heavy (non-hydrogen) atoms. The second-order valence-corrected chi connectivity index (χ2v) is 3.50. The normalized spacial score (nSPS) is 14.4. The van der Waals surface area contributed by atoms with E-state index in [2.05, 4.69) is 16.0 Å². The Balaban J connectivity index is 2.10. The zero-order valence-corrected chi connectivity index (χ0v) is 9.15. The Hall–Kier alpha value is -1.79. The SMILES string of the molecule is CC(=O)NC1=NN(c2ccc(Cl)cc2)NO1. The number of anilines is 1. The van der Waals surface area contributed by atoms with Crippen molar-refractivity contribution in [2.75, 3.05) is 5.12 Å². The smallest absolute Gasteiger partial charge is 0.336 e. The molecule has 0 bridgehead atoms. The maximum Gasteiger partial charge on any atom is 0.336 e. The summed E-state index contributed by atoms with van der Waals surface area (Å²) in [7, 11) is 0. The number of amidine groups is 1. The van der Waals surface area contributed by atoms with E-state index in [0.29, 0.717) is 5.02 Å². The minimum absolute atomic E-state index is 0.0995. The van der Waals surface area contributed by atoms with Crippen molar-refractivity contribution < 1.29 is 9.63 Å². The van der Waals surface area contributed by atoms with Gasteiger partial charge in [0, 0.05) is 11.9 Å². The van der Waals surface area contributed by atoms with Gasteiger partial charge in [0.15, 0.2) is 0 Å². The third kappa shape index (κ3) is 2.41. The number of carbonyl (C=O) groups excluding carboxylic acids is 1. The van der Waals surface area contributed by atoms with E-state index in [-0.39, 0.29) is 11.9 Å². The van der Waals surface area contributed by atoms with Crippen molar-refractivity contribution in [3.63, 3.8) is 0 Å². The van der Waals surface area contributed by atoms with Crippen LogP contribution in [0.2, 0.25) is 5.02 Å². The Kier molecular flexibility index (Phi) is 2.93. The highest BCUT2D eigenvalue weighted by molar-refractivity contribution is 6.30. The van der Waals surface area contributed by atoms with Crippen molar-refractivity contribution in [2.45, 2.75) is 6.92 Å². The molecule has 0 unspecified atom stereocenters. The van der Waals surface area contributed by atoms with E-state index < -0.39 is 0 Å². The van der Waals surface area contributed by atoms with E-state index in [0.717, 1.165) is 5.69 Å². The summed E-state index contributed by atoms with van der Waals surface area (Å²) in [6, 6.07) is 7.08. The van der Waals surface area contributed by atoms with Crippen LogP contribution in [-0.4, -0.2) is 11.9 Å². The van der Waals surface area contributed by atoms with Gasteiger partial charge < -0.3 is 4.84 Å². The van der Waals surface area contributed by atoms with Crippen molar-refractivity contribution in [2.24, 2.45) is 5.10 Å². The number of nitrogens with one attached hydrogen (secondary N) is 2. The summed E-state index contributed by atoms with van der Waals surface area (Å²) in [4.78, 5) is 15.7. The Morgan fingerprint density at radius 2 is 2.19 bits per heavy atom. The molecule has 0 saturated carbocycles. The Morgan fingerprint density at radius 1 is 1.50 bits per heavy atom. The third-order valence-electron chi connectivity index (χ3n) is 1.77. The number of amides is 1. The first kappa shape index (κ1) is 10.7. The van der Waals surface area contributed by atoms with E-state index in [9.17, 15) is 4.79 Å². The van der Waals surface area contributed by atoms with Gasteiger partial charge in [-0.25, -0.2) is 0 Å². The summed E-state index contributed by atoms with van der Waals surface area (Å²) < 4.78 is 0. The maximum atomic E-state index is 10.8. The van der Waals surface area contributed by atoms with E-state index in [1.807, 2.05) is 0 Å².